The van der Waals surface area contributed by atoms with Gasteiger partial charge in [0.05, 0.1) is 6.04 Å². The van der Waals surface area contributed by atoms with Crippen molar-refractivity contribution in [3.05, 3.63) is 0 Å². The van der Waals surface area contributed by atoms with E-state index in [0.717, 1.165) is 0 Å². The first kappa shape index (κ1) is 16.9. The predicted molar refractivity (Wildman–Crippen MR) is 73.1 cm³/mol. The van der Waals surface area contributed by atoms with E-state index >= 15 is 0 Å². The van der Waals surface area contributed by atoms with Gasteiger partial charge < -0.3 is 14.8 Å². The molecule has 0 aromatic carbocycles. The molecule has 0 aromatic heterocycles. The zero-order valence-electron chi connectivity index (χ0n) is 12.6. The molecule has 3 heteroatoms. The van der Waals surface area contributed by atoms with Gasteiger partial charge in [-0.05, 0) is 31.6 Å². The lowest BCUT2D eigenvalue weighted by Gasteiger charge is -2.29. The van der Waals surface area contributed by atoms with Gasteiger partial charge in [-0.2, -0.15) is 0 Å². The third-order valence-electron chi connectivity index (χ3n) is 2.88. The number of rotatable bonds is 9. The smallest absolute Gasteiger partial charge is 0.171 e. The van der Waals surface area contributed by atoms with Crippen LogP contribution in [0, 0.1) is 11.8 Å². The van der Waals surface area contributed by atoms with Crippen LogP contribution in [0.25, 0.3) is 0 Å². The summed E-state index contributed by atoms with van der Waals surface area (Å²) >= 11 is 0. The molecule has 1 atom stereocenters. The van der Waals surface area contributed by atoms with E-state index in [0.29, 0.717) is 17.9 Å². The van der Waals surface area contributed by atoms with E-state index in [1.807, 2.05) is 0 Å². The molecule has 0 aromatic rings. The summed E-state index contributed by atoms with van der Waals surface area (Å²) in [6.45, 7) is 11.2. The molecule has 0 amide bonds. The van der Waals surface area contributed by atoms with Crippen LogP contribution < -0.4 is 5.32 Å². The maximum Gasteiger partial charge on any atom is 0.171 e. The Kier molecular flexibility index (Phi) is 8.83. The molecule has 0 rings (SSSR count). The fraction of sp³-hybridized carbons (Fsp3) is 1.00. The summed E-state index contributed by atoms with van der Waals surface area (Å²) in [7, 11) is 3.37. The second kappa shape index (κ2) is 8.90. The lowest BCUT2D eigenvalue weighted by Crippen LogP contribution is -2.46. The number of methoxy groups -OCH3 is 2. The number of nitrogens with one attached hydrogen (secondary N) is 1. The summed E-state index contributed by atoms with van der Waals surface area (Å²) < 4.78 is 10.6. The standard InChI is InChI=1S/C14H31NO2/c1-10(2)8-13(9-11(3)4)15-12(5)14(16-6)17-7/h10-15H,8-9H2,1-7H3. The molecule has 0 bridgehead atoms. The van der Waals surface area contributed by atoms with E-state index in [2.05, 4.69) is 39.9 Å². The lowest BCUT2D eigenvalue weighted by molar-refractivity contribution is -0.121. The Morgan fingerprint density at radius 2 is 1.24 bits per heavy atom. The van der Waals surface area contributed by atoms with Crippen molar-refractivity contribution in [2.45, 2.75) is 65.8 Å². The predicted octanol–water partition coefficient (Wildman–Crippen LogP) is 3.04. The zero-order valence-corrected chi connectivity index (χ0v) is 12.6. The van der Waals surface area contributed by atoms with Gasteiger partial charge in [-0.15, -0.1) is 0 Å². The third kappa shape index (κ3) is 7.74. The summed E-state index contributed by atoms with van der Waals surface area (Å²) in [6.07, 6.45) is 2.22. The molecule has 0 aliphatic rings. The van der Waals surface area contributed by atoms with Crippen molar-refractivity contribution in [3.63, 3.8) is 0 Å². The Labute approximate surface area is 107 Å². The fourth-order valence-electron chi connectivity index (χ4n) is 2.33. The minimum atomic E-state index is -0.170. The highest BCUT2D eigenvalue weighted by Crippen LogP contribution is 2.15. The molecule has 0 spiro atoms. The van der Waals surface area contributed by atoms with Crippen LogP contribution >= 0.6 is 0 Å². The average molecular weight is 245 g/mol. The first-order chi connectivity index (χ1) is 7.90. The Bertz CT molecular complexity index is 169. The van der Waals surface area contributed by atoms with E-state index in [1.54, 1.807) is 14.2 Å². The van der Waals surface area contributed by atoms with Crippen LogP contribution in [-0.2, 0) is 9.47 Å². The number of hydrogen-bond acceptors (Lipinski definition) is 3. The molecule has 0 radical (unpaired) electrons. The quantitative estimate of drug-likeness (QED) is 0.633. The Balaban J connectivity index is 4.29. The summed E-state index contributed by atoms with van der Waals surface area (Å²) in [6, 6.07) is 0.755. The van der Waals surface area contributed by atoms with Crippen molar-refractivity contribution in [1.82, 2.24) is 5.32 Å². The van der Waals surface area contributed by atoms with Gasteiger partial charge in [-0.25, -0.2) is 0 Å². The molecule has 0 aliphatic carbocycles. The van der Waals surface area contributed by atoms with Crippen molar-refractivity contribution in [2.24, 2.45) is 11.8 Å². The van der Waals surface area contributed by atoms with Gasteiger partial charge >= 0.3 is 0 Å². The molecule has 17 heavy (non-hydrogen) atoms. The molecule has 3 nitrogen and oxygen atoms in total. The lowest BCUT2D eigenvalue weighted by atomic mass is 9.95. The van der Waals surface area contributed by atoms with Crippen molar-refractivity contribution in [2.75, 3.05) is 14.2 Å². The second-order valence-electron chi connectivity index (χ2n) is 5.75. The van der Waals surface area contributed by atoms with Gasteiger partial charge in [0.25, 0.3) is 0 Å². The van der Waals surface area contributed by atoms with Crippen molar-refractivity contribution in [3.8, 4) is 0 Å². The van der Waals surface area contributed by atoms with E-state index in [1.165, 1.54) is 12.8 Å². The molecule has 0 aliphatic heterocycles. The van der Waals surface area contributed by atoms with Crippen LogP contribution in [0.2, 0.25) is 0 Å². The zero-order chi connectivity index (χ0) is 13.4. The topological polar surface area (TPSA) is 30.5 Å². The minimum absolute atomic E-state index is 0.170. The Morgan fingerprint density at radius 1 is 0.824 bits per heavy atom. The molecule has 0 saturated carbocycles. The van der Waals surface area contributed by atoms with Gasteiger partial charge in [0.2, 0.25) is 0 Å². The van der Waals surface area contributed by atoms with Gasteiger partial charge in [0.15, 0.2) is 6.29 Å². The van der Waals surface area contributed by atoms with E-state index in [9.17, 15) is 0 Å². The normalized spacial score (nSPS) is 14.3. The van der Waals surface area contributed by atoms with Crippen LogP contribution in [0.15, 0.2) is 0 Å². The highest BCUT2D eigenvalue weighted by atomic mass is 16.7. The third-order valence-corrected chi connectivity index (χ3v) is 2.88. The van der Waals surface area contributed by atoms with Gasteiger partial charge in [0, 0.05) is 20.3 Å². The summed E-state index contributed by atoms with van der Waals surface area (Å²) in [4.78, 5) is 0. The van der Waals surface area contributed by atoms with E-state index in [4.69, 9.17) is 9.47 Å². The second-order valence-corrected chi connectivity index (χ2v) is 5.75. The van der Waals surface area contributed by atoms with Crippen LogP contribution in [0.4, 0.5) is 0 Å². The molecular weight excluding hydrogens is 214 g/mol. The fourth-order valence-corrected chi connectivity index (χ4v) is 2.33. The Morgan fingerprint density at radius 3 is 1.53 bits per heavy atom. The first-order valence-corrected chi connectivity index (χ1v) is 6.72. The molecule has 1 N–H and O–H groups in total. The minimum Gasteiger partial charge on any atom is -0.354 e. The molecule has 1 unspecified atom stereocenters. The van der Waals surface area contributed by atoms with Gasteiger partial charge in [-0.3, -0.25) is 0 Å². The maximum absolute atomic E-state index is 5.29. The summed E-state index contributed by atoms with van der Waals surface area (Å²) in [5, 5.41) is 3.63. The van der Waals surface area contributed by atoms with Gasteiger partial charge in [-0.1, -0.05) is 27.7 Å². The molecule has 104 valence electrons. The Hall–Kier alpha value is -0.120. The first-order valence-electron chi connectivity index (χ1n) is 6.72. The molecular formula is C14H31NO2. The number of ether oxygens (including phenoxy) is 2. The largest absolute Gasteiger partial charge is 0.354 e. The van der Waals surface area contributed by atoms with E-state index in [-0.39, 0.29) is 12.3 Å². The summed E-state index contributed by atoms with van der Waals surface area (Å²) in [5.74, 6) is 1.42. The van der Waals surface area contributed by atoms with Crippen LogP contribution in [0.3, 0.4) is 0 Å². The highest BCUT2D eigenvalue weighted by molar-refractivity contribution is 4.76. The van der Waals surface area contributed by atoms with Crippen LogP contribution in [-0.4, -0.2) is 32.6 Å². The van der Waals surface area contributed by atoms with Crippen molar-refractivity contribution < 1.29 is 9.47 Å². The number of hydrogen-bond donors (Lipinski definition) is 1. The maximum atomic E-state index is 5.29. The highest BCUT2D eigenvalue weighted by Gasteiger charge is 2.21. The van der Waals surface area contributed by atoms with Gasteiger partial charge in [0.1, 0.15) is 0 Å². The average Bonchev–Trinajstić information content (AvgIpc) is 2.16. The van der Waals surface area contributed by atoms with Crippen LogP contribution in [0.1, 0.15) is 47.5 Å². The monoisotopic (exact) mass is 245 g/mol. The van der Waals surface area contributed by atoms with Crippen molar-refractivity contribution in [1.29, 1.82) is 0 Å². The molecule has 0 heterocycles. The molecule has 0 fully saturated rings. The van der Waals surface area contributed by atoms with Crippen molar-refractivity contribution >= 4 is 0 Å². The summed E-state index contributed by atoms with van der Waals surface area (Å²) in [5.41, 5.74) is 0. The van der Waals surface area contributed by atoms with E-state index < -0.39 is 0 Å². The van der Waals surface area contributed by atoms with Crippen LogP contribution in [0.5, 0.6) is 0 Å². The SMILES string of the molecule is COC(OC)C(C)NC(CC(C)C)CC(C)C. The molecule has 0 saturated heterocycles.